The highest BCUT2D eigenvalue weighted by Crippen LogP contribution is 2.29. The number of benzene rings is 1. The molecule has 0 amide bonds. The molecule has 0 bridgehead atoms. The number of aromatic nitrogens is 2. The number of hydrogen-bond acceptors (Lipinski definition) is 5. The number of rotatable bonds is 4. The largest absolute Gasteiger partial charge is 0.393 e. The SMILES string of the molecule is CC(O)C1CCN(c2nnc(Cc3ccccc3F)s2)C1. The van der Waals surface area contributed by atoms with Gasteiger partial charge in [0.1, 0.15) is 10.8 Å². The molecule has 6 heteroatoms. The molecule has 0 saturated carbocycles. The average Bonchev–Trinajstić information content (AvgIpc) is 3.10. The Morgan fingerprint density at radius 3 is 2.95 bits per heavy atom. The van der Waals surface area contributed by atoms with Crippen molar-refractivity contribution in [2.45, 2.75) is 25.9 Å². The monoisotopic (exact) mass is 307 g/mol. The van der Waals surface area contributed by atoms with Crippen molar-refractivity contribution in [1.29, 1.82) is 0 Å². The average molecular weight is 307 g/mol. The fraction of sp³-hybridized carbons (Fsp3) is 0.467. The minimum absolute atomic E-state index is 0.204. The number of halogens is 1. The summed E-state index contributed by atoms with van der Waals surface area (Å²) in [4.78, 5) is 2.15. The lowest BCUT2D eigenvalue weighted by Crippen LogP contribution is -2.23. The number of aliphatic hydroxyl groups excluding tert-OH is 1. The van der Waals surface area contributed by atoms with Crippen LogP contribution in [0, 0.1) is 11.7 Å². The third kappa shape index (κ3) is 3.22. The van der Waals surface area contributed by atoms with Crippen molar-refractivity contribution in [3.63, 3.8) is 0 Å². The van der Waals surface area contributed by atoms with Crippen LogP contribution in [0.1, 0.15) is 23.9 Å². The van der Waals surface area contributed by atoms with Gasteiger partial charge in [-0.3, -0.25) is 0 Å². The van der Waals surface area contributed by atoms with E-state index in [1.54, 1.807) is 12.1 Å². The van der Waals surface area contributed by atoms with Crippen LogP contribution >= 0.6 is 11.3 Å². The van der Waals surface area contributed by atoms with E-state index < -0.39 is 0 Å². The van der Waals surface area contributed by atoms with Gasteiger partial charge in [-0.2, -0.15) is 0 Å². The zero-order valence-corrected chi connectivity index (χ0v) is 12.7. The second-order valence-corrected chi connectivity index (χ2v) is 6.52. The van der Waals surface area contributed by atoms with Gasteiger partial charge in [0, 0.05) is 25.4 Å². The lowest BCUT2D eigenvalue weighted by atomic mass is 10.0. The molecule has 0 aliphatic carbocycles. The maximum Gasteiger partial charge on any atom is 0.208 e. The summed E-state index contributed by atoms with van der Waals surface area (Å²) >= 11 is 1.50. The molecule has 1 saturated heterocycles. The van der Waals surface area contributed by atoms with E-state index in [0.717, 1.165) is 29.6 Å². The second kappa shape index (κ2) is 6.07. The molecule has 21 heavy (non-hydrogen) atoms. The summed E-state index contributed by atoms with van der Waals surface area (Å²) in [5.74, 6) is 0.0912. The maximum atomic E-state index is 13.6. The molecule has 1 fully saturated rings. The maximum absolute atomic E-state index is 13.6. The number of hydrogen-bond donors (Lipinski definition) is 1. The van der Waals surface area contributed by atoms with Crippen molar-refractivity contribution in [3.05, 3.63) is 40.7 Å². The minimum atomic E-state index is -0.291. The molecule has 2 aromatic rings. The summed E-state index contributed by atoms with van der Waals surface area (Å²) in [5.41, 5.74) is 0.642. The van der Waals surface area contributed by atoms with Gasteiger partial charge in [0.25, 0.3) is 0 Å². The van der Waals surface area contributed by atoms with Crippen LogP contribution in [0.3, 0.4) is 0 Å². The third-order valence-electron chi connectivity index (χ3n) is 3.93. The standard InChI is InChI=1S/C15H18FN3OS/c1-10(20)12-6-7-19(9-12)15-18-17-14(21-15)8-11-4-2-3-5-13(11)16/h2-5,10,12,20H,6-9H2,1H3. The first kappa shape index (κ1) is 14.4. The van der Waals surface area contributed by atoms with Gasteiger partial charge < -0.3 is 10.0 Å². The predicted octanol–water partition coefficient (Wildman–Crippen LogP) is 2.48. The molecule has 0 spiro atoms. The molecule has 2 heterocycles. The molecule has 1 aromatic heterocycles. The van der Waals surface area contributed by atoms with E-state index >= 15 is 0 Å². The molecular weight excluding hydrogens is 289 g/mol. The Morgan fingerprint density at radius 1 is 1.43 bits per heavy atom. The molecule has 1 aromatic carbocycles. The molecule has 3 rings (SSSR count). The van der Waals surface area contributed by atoms with Gasteiger partial charge in [-0.15, -0.1) is 10.2 Å². The molecular formula is C15H18FN3OS. The lowest BCUT2D eigenvalue weighted by Gasteiger charge is -2.15. The van der Waals surface area contributed by atoms with Gasteiger partial charge in [-0.05, 0) is 25.0 Å². The van der Waals surface area contributed by atoms with E-state index in [9.17, 15) is 9.50 Å². The zero-order chi connectivity index (χ0) is 14.8. The highest BCUT2D eigenvalue weighted by Gasteiger charge is 2.28. The number of anilines is 1. The summed E-state index contributed by atoms with van der Waals surface area (Å²) in [7, 11) is 0. The Kier molecular flexibility index (Phi) is 4.17. The fourth-order valence-corrected chi connectivity index (χ4v) is 3.50. The van der Waals surface area contributed by atoms with Crippen molar-refractivity contribution < 1.29 is 9.50 Å². The highest BCUT2D eigenvalue weighted by molar-refractivity contribution is 7.15. The highest BCUT2D eigenvalue weighted by atomic mass is 32.1. The van der Waals surface area contributed by atoms with Gasteiger partial charge >= 0.3 is 0 Å². The Balaban J connectivity index is 1.68. The molecule has 112 valence electrons. The van der Waals surface area contributed by atoms with E-state index in [1.165, 1.54) is 17.4 Å². The first-order valence-corrected chi connectivity index (χ1v) is 7.94. The van der Waals surface area contributed by atoms with Gasteiger partial charge in [-0.1, -0.05) is 29.5 Å². The second-order valence-electron chi connectivity index (χ2n) is 5.48. The minimum Gasteiger partial charge on any atom is -0.393 e. The summed E-state index contributed by atoms with van der Waals surface area (Å²) in [6.45, 7) is 3.54. The molecule has 2 atom stereocenters. The molecule has 2 unspecified atom stereocenters. The summed E-state index contributed by atoms with van der Waals surface area (Å²) < 4.78 is 13.6. The summed E-state index contributed by atoms with van der Waals surface area (Å²) in [6.07, 6.45) is 1.15. The third-order valence-corrected chi connectivity index (χ3v) is 4.92. The Morgan fingerprint density at radius 2 is 2.24 bits per heavy atom. The van der Waals surface area contributed by atoms with Crippen LogP contribution < -0.4 is 4.90 Å². The van der Waals surface area contributed by atoms with Crippen LogP contribution in [0.15, 0.2) is 24.3 Å². The van der Waals surface area contributed by atoms with Gasteiger partial charge in [0.05, 0.1) is 6.10 Å². The Labute approximate surface area is 127 Å². The van der Waals surface area contributed by atoms with Crippen molar-refractivity contribution in [1.82, 2.24) is 10.2 Å². The smallest absolute Gasteiger partial charge is 0.208 e. The summed E-state index contributed by atoms with van der Waals surface area (Å²) in [6, 6.07) is 6.75. The normalized spacial score (nSPS) is 20.0. The van der Waals surface area contributed by atoms with E-state index in [4.69, 9.17) is 0 Å². The molecule has 1 N–H and O–H groups in total. The molecule has 0 radical (unpaired) electrons. The van der Waals surface area contributed by atoms with Gasteiger partial charge in [-0.25, -0.2) is 4.39 Å². The van der Waals surface area contributed by atoms with Crippen molar-refractivity contribution in [2.24, 2.45) is 5.92 Å². The molecule has 4 nitrogen and oxygen atoms in total. The van der Waals surface area contributed by atoms with Crippen molar-refractivity contribution in [3.8, 4) is 0 Å². The topological polar surface area (TPSA) is 49.2 Å². The quantitative estimate of drug-likeness (QED) is 0.943. The molecule has 1 aliphatic rings. The summed E-state index contributed by atoms with van der Waals surface area (Å²) in [5, 5.41) is 19.7. The lowest BCUT2D eigenvalue weighted by molar-refractivity contribution is 0.136. The van der Waals surface area contributed by atoms with Crippen LogP contribution in [-0.4, -0.2) is 34.5 Å². The fourth-order valence-electron chi connectivity index (χ4n) is 2.60. The Bertz CT molecular complexity index is 616. The van der Waals surface area contributed by atoms with Crippen LogP contribution in [0.5, 0.6) is 0 Å². The number of aliphatic hydroxyl groups is 1. The van der Waals surface area contributed by atoms with Crippen LogP contribution in [0.25, 0.3) is 0 Å². The van der Waals surface area contributed by atoms with E-state index in [0.29, 0.717) is 17.9 Å². The first-order valence-electron chi connectivity index (χ1n) is 7.12. The van der Waals surface area contributed by atoms with E-state index in [1.807, 2.05) is 13.0 Å². The number of nitrogens with zero attached hydrogens (tertiary/aromatic N) is 3. The van der Waals surface area contributed by atoms with Crippen molar-refractivity contribution >= 4 is 16.5 Å². The molecule has 1 aliphatic heterocycles. The van der Waals surface area contributed by atoms with Gasteiger partial charge in [0.2, 0.25) is 5.13 Å². The Hall–Kier alpha value is -1.53. The predicted molar refractivity (Wildman–Crippen MR) is 81.1 cm³/mol. The first-order chi connectivity index (χ1) is 10.1. The van der Waals surface area contributed by atoms with E-state index in [-0.39, 0.29) is 11.9 Å². The van der Waals surface area contributed by atoms with Crippen LogP contribution in [0.2, 0.25) is 0 Å². The zero-order valence-electron chi connectivity index (χ0n) is 11.9. The van der Waals surface area contributed by atoms with Crippen LogP contribution in [0.4, 0.5) is 9.52 Å². The van der Waals surface area contributed by atoms with Crippen molar-refractivity contribution in [2.75, 3.05) is 18.0 Å². The van der Waals surface area contributed by atoms with Gasteiger partial charge in [0.15, 0.2) is 0 Å². The van der Waals surface area contributed by atoms with E-state index in [2.05, 4.69) is 15.1 Å². The van der Waals surface area contributed by atoms with Crippen LogP contribution in [-0.2, 0) is 6.42 Å².